The Morgan fingerprint density at radius 2 is 2.31 bits per heavy atom. The van der Waals surface area contributed by atoms with Gasteiger partial charge in [-0.1, -0.05) is 22.9 Å². The number of carbonyl (C=O) groups excluding carboxylic acids is 1. The summed E-state index contributed by atoms with van der Waals surface area (Å²) < 4.78 is 10.3. The molecule has 0 amide bonds. The van der Waals surface area contributed by atoms with Gasteiger partial charge in [0.15, 0.2) is 5.60 Å². The van der Waals surface area contributed by atoms with Gasteiger partial charge in [0.2, 0.25) is 0 Å². The Hall–Kier alpha value is -0.0900. The second kappa shape index (κ2) is 4.42. The van der Waals surface area contributed by atoms with E-state index in [9.17, 15) is 4.79 Å². The summed E-state index contributed by atoms with van der Waals surface area (Å²) in [6.45, 7) is 4.83. The molecule has 3 nitrogen and oxygen atoms in total. The normalized spacial score (nSPS) is 21.8. The lowest BCUT2D eigenvalue weighted by Crippen LogP contribution is -2.51. The number of rotatable bonds is 4. The molecule has 1 saturated heterocycles. The van der Waals surface area contributed by atoms with Gasteiger partial charge in [0.05, 0.1) is 19.1 Å². The molecule has 76 valence electrons. The van der Waals surface area contributed by atoms with Gasteiger partial charge in [-0.2, -0.15) is 0 Å². The first-order valence-corrected chi connectivity index (χ1v) is 5.56. The zero-order chi connectivity index (χ0) is 9.90. The molecule has 4 heteroatoms. The van der Waals surface area contributed by atoms with Crippen molar-refractivity contribution in [3.63, 3.8) is 0 Å². The van der Waals surface area contributed by atoms with Crippen molar-refractivity contribution in [1.82, 2.24) is 0 Å². The first kappa shape index (κ1) is 11.0. The predicted molar refractivity (Wildman–Crippen MR) is 52.9 cm³/mol. The molecule has 0 saturated carbocycles. The van der Waals surface area contributed by atoms with Crippen LogP contribution >= 0.6 is 15.9 Å². The van der Waals surface area contributed by atoms with Crippen molar-refractivity contribution in [2.24, 2.45) is 5.92 Å². The number of esters is 1. The topological polar surface area (TPSA) is 35.5 Å². The molecule has 0 aromatic carbocycles. The summed E-state index contributed by atoms with van der Waals surface area (Å²) in [5, 5.41) is 0.830. The van der Waals surface area contributed by atoms with E-state index in [1.54, 1.807) is 0 Å². The van der Waals surface area contributed by atoms with E-state index in [1.165, 1.54) is 0 Å². The Labute approximate surface area is 86.9 Å². The maximum absolute atomic E-state index is 11.4. The van der Waals surface area contributed by atoms with Crippen molar-refractivity contribution in [3.8, 4) is 0 Å². The van der Waals surface area contributed by atoms with E-state index < -0.39 is 0 Å². The van der Waals surface area contributed by atoms with Gasteiger partial charge in [-0.3, -0.25) is 4.79 Å². The zero-order valence-electron chi connectivity index (χ0n) is 8.01. The van der Waals surface area contributed by atoms with Gasteiger partial charge in [0.1, 0.15) is 0 Å². The van der Waals surface area contributed by atoms with Crippen LogP contribution in [0, 0.1) is 5.92 Å². The molecule has 0 aromatic heterocycles. The van der Waals surface area contributed by atoms with E-state index in [0.29, 0.717) is 13.2 Å². The molecule has 1 aliphatic heterocycles. The number of halogens is 1. The van der Waals surface area contributed by atoms with Crippen LogP contribution in [0.5, 0.6) is 0 Å². The largest absolute Gasteiger partial charge is 0.454 e. The average molecular weight is 251 g/mol. The standard InChI is InChI=1S/C9H15BrO3/c1-7(3-4-10)8(11)13-9(2)5-12-6-9/h7H,3-6H2,1-2H3. The average Bonchev–Trinajstić information content (AvgIpc) is 2.02. The predicted octanol–water partition coefficient (Wildman–Crippen LogP) is 1.74. The van der Waals surface area contributed by atoms with Gasteiger partial charge in [-0.25, -0.2) is 0 Å². The number of alkyl halides is 1. The fourth-order valence-corrected chi connectivity index (χ4v) is 1.76. The Morgan fingerprint density at radius 1 is 1.69 bits per heavy atom. The van der Waals surface area contributed by atoms with E-state index in [0.717, 1.165) is 11.8 Å². The molecular weight excluding hydrogens is 236 g/mol. The third kappa shape index (κ3) is 2.95. The smallest absolute Gasteiger partial charge is 0.309 e. The van der Waals surface area contributed by atoms with E-state index in [4.69, 9.17) is 9.47 Å². The Bertz CT molecular complexity index is 189. The lowest BCUT2D eigenvalue weighted by atomic mass is 10.0. The number of carbonyl (C=O) groups is 1. The highest BCUT2D eigenvalue weighted by Crippen LogP contribution is 2.22. The molecule has 0 bridgehead atoms. The fourth-order valence-electron chi connectivity index (χ4n) is 1.07. The molecule has 0 aliphatic carbocycles. The van der Waals surface area contributed by atoms with Crippen molar-refractivity contribution < 1.29 is 14.3 Å². The van der Waals surface area contributed by atoms with Gasteiger partial charge in [0, 0.05) is 5.33 Å². The Balaban J connectivity index is 2.31. The van der Waals surface area contributed by atoms with Crippen molar-refractivity contribution >= 4 is 21.9 Å². The van der Waals surface area contributed by atoms with E-state index in [2.05, 4.69) is 15.9 Å². The van der Waals surface area contributed by atoms with Crippen LogP contribution < -0.4 is 0 Å². The maximum Gasteiger partial charge on any atom is 0.309 e. The quantitative estimate of drug-likeness (QED) is 0.564. The summed E-state index contributed by atoms with van der Waals surface area (Å²) in [5.74, 6) is -0.151. The van der Waals surface area contributed by atoms with Crippen molar-refractivity contribution in [2.75, 3.05) is 18.5 Å². The van der Waals surface area contributed by atoms with Crippen LogP contribution in [-0.4, -0.2) is 30.1 Å². The van der Waals surface area contributed by atoms with Crippen LogP contribution in [0.2, 0.25) is 0 Å². The summed E-state index contributed by atoms with van der Waals surface area (Å²) in [6.07, 6.45) is 0.815. The number of hydrogen-bond acceptors (Lipinski definition) is 3. The molecule has 1 heterocycles. The van der Waals surface area contributed by atoms with Crippen LogP contribution in [0.15, 0.2) is 0 Å². The summed E-state index contributed by atoms with van der Waals surface area (Å²) in [5.41, 5.74) is -0.363. The van der Waals surface area contributed by atoms with Gasteiger partial charge in [0.25, 0.3) is 0 Å². The molecule has 1 aliphatic rings. The second-order valence-electron chi connectivity index (χ2n) is 3.74. The summed E-state index contributed by atoms with van der Waals surface area (Å²) >= 11 is 3.30. The van der Waals surface area contributed by atoms with E-state index >= 15 is 0 Å². The summed E-state index contributed by atoms with van der Waals surface area (Å²) in [7, 11) is 0. The molecule has 13 heavy (non-hydrogen) atoms. The van der Waals surface area contributed by atoms with Crippen molar-refractivity contribution in [2.45, 2.75) is 25.9 Å². The fraction of sp³-hybridized carbons (Fsp3) is 0.889. The first-order chi connectivity index (χ1) is 6.07. The van der Waals surface area contributed by atoms with Crippen LogP contribution in [0.1, 0.15) is 20.3 Å². The summed E-state index contributed by atoms with van der Waals surface area (Å²) in [6, 6.07) is 0. The minimum Gasteiger partial charge on any atom is -0.454 e. The monoisotopic (exact) mass is 250 g/mol. The third-order valence-electron chi connectivity index (χ3n) is 2.11. The van der Waals surface area contributed by atoms with E-state index in [-0.39, 0.29) is 17.5 Å². The van der Waals surface area contributed by atoms with Crippen molar-refractivity contribution in [3.05, 3.63) is 0 Å². The lowest BCUT2D eigenvalue weighted by Gasteiger charge is -2.37. The SMILES string of the molecule is CC(CCBr)C(=O)OC1(C)COC1. The minimum atomic E-state index is -0.363. The zero-order valence-corrected chi connectivity index (χ0v) is 9.59. The number of hydrogen-bond donors (Lipinski definition) is 0. The third-order valence-corrected chi connectivity index (χ3v) is 2.56. The molecule has 0 spiro atoms. The van der Waals surface area contributed by atoms with Gasteiger partial charge < -0.3 is 9.47 Å². The van der Waals surface area contributed by atoms with E-state index in [1.807, 2.05) is 13.8 Å². The van der Waals surface area contributed by atoms with Gasteiger partial charge in [-0.15, -0.1) is 0 Å². The van der Waals surface area contributed by atoms with Gasteiger partial charge >= 0.3 is 5.97 Å². The minimum absolute atomic E-state index is 0.0307. The molecule has 1 rings (SSSR count). The van der Waals surface area contributed by atoms with Crippen LogP contribution in [0.3, 0.4) is 0 Å². The highest BCUT2D eigenvalue weighted by Gasteiger charge is 2.38. The van der Waals surface area contributed by atoms with Crippen LogP contribution in [-0.2, 0) is 14.3 Å². The molecular formula is C9H15BrO3. The molecule has 0 radical (unpaired) electrons. The maximum atomic E-state index is 11.4. The van der Waals surface area contributed by atoms with Crippen molar-refractivity contribution in [1.29, 1.82) is 0 Å². The highest BCUT2D eigenvalue weighted by atomic mass is 79.9. The van der Waals surface area contributed by atoms with Crippen LogP contribution in [0.25, 0.3) is 0 Å². The summed E-state index contributed by atoms with van der Waals surface area (Å²) in [4.78, 5) is 11.4. The van der Waals surface area contributed by atoms with Gasteiger partial charge in [-0.05, 0) is 13.3 Å². The van der Waals surface area contributed by atoms with Crippen LogP contribution in [0.4, 0.5) is 0 Å². The molecule has 1 atom stereocenters. The molecule has 0 N–H and O–H groups in total. The Morgan fingerprint density at radius 3 is 2.69 bits per heavy atom. The molecule has 0 aromatic rings. The first-order valence-electron chi connectivity index (χ1n) is 4.44. The second-order valence-corrected chi connectivity index (χ2v) is 4.54. The number of ether oxygens (including phenoxy) is 2. The molecule has 1 fully saturated rings. The lowest BCUT2D eigenvalue weighted by molar-refractivity contribution is -0.209. The Kier molecular flexibility index (Phi) is 3.74. The highest BCUT2D eigenvalue weighted by molar-refractivity contribution is 9.09. The molecule has 1 unspecified atom stereocenters.